The van der Waals surface area contributed by atoms with Gasteiger partial charge in [-0.3, -0.25) is 9.79 Å². The first kappa shape index (κ1) is 18.7. The van der Waals surface area contributed by atoms with Crippen LogP contribution in [0.25, 0.3) is 0 Å². The van der Waals surface area contributed by atoms with Gasteiger partial charge in [-0.15, -0.1) is 0 Å². The molecular weight excluding hydrogens is 324 g/mol. The summed E-state index contributed by atoms with van der Waals surface area (Å²) < 4.78 is 0. The summed E-state index contributed by atoms with van der Waals surface area (Å²) in [5, 5.41) is 9.86. The molecule has 0 aromatic heterocycles. The van der Waals surface area contributed by atoms with Gasteiger partial charge in [-0.25, -0.2) is 0 Å². The molecule has 0 unspecified atom stereocenters. The van der Waals surface area contributed by atoms with E-state index in [-0.39, 0.29) is 11.3 Å². The molecule has 2 aliphatic carbocycles. The lowest BCUT2D eigenvalue weighted by atomic mass is 9.95. The van der Waals surface area contributed by atoms with E-state index in [1.165, 1.54) is 37.7 Å². The van der Waals surface area contributed by atoms with E-state index in [1.54, 1.807) is 7.05 Å². The number of carbonyl (C=O) groups is 1. The summed E-state index contributed by atoms with van der Waals surface area (Å²) in [5.74, 6) is 0.917. The predicted octanol–water partition coefficient (Wildman–Crippen LogP) is 2.72. The molecule has 0 bridgehead atoms. The van der Waals surface area contributed by atoms with Gasteiger partial charge in [0.15, 0.2) is 5.96 Å². The van der Waals surface area contributed by atoms with Gasteiger partial charge in [0.1, 0.15) is 0 Å². The Bertz CT molecular complexity index is 604. The Morgan fingerprint density at radius 2 is 1.85 bits per heavy atom. The third-order valence-electron chi connectivity index (χ3n) is 5.67. The maximum absolute atomic E-state index is 12.1. The van der Waals surface area contributed by atoms with E-state index >= 15 is 0 Å². The molecule has 0 heterocycles. The van der Waals surface area contributed by atoms with Crippen molar-refractivity contribution in [3.05, 3.63) is 35.9 Å². The van der Waals surface area contributed by atoms with Crippen LogP contribution in [0.2, 0.25) is 0 Å². The maximum atomic E-state index is 12.1. The van der Waals surface area contributed by atoms with Crippen molar-refractivity contribution >= 4 is 11.9 Å². The monoisotopic (exact) mass is 356 g/mol. The second kappa shape index (κ2) is 9.06. The molecule has 142 valence electrons. The van der Waals surface area contributed by atoms with Gasteiger partial charge in [-0.1, -0.05) is 49.6 Å². The van der Waals surface area contributed by atoms with Gasteiger partial charge >= 0.3 is 0 Å². The normalized spacial score (nSPS) is 19.7. The highest BCUT2D eigenvalue weighted by molar-refractivity contribution is 5.81. The first-order valence-corrected chi connectivity index (χ1v) is 10.0. The number of nitrogens with one attached hydrogen (secondary N) is 3. The van der Waals surface area contributed by atoms with Crippen LogP contribution < -0.4 is 16.0 Å². The minimum Gasteiger partial charge on any atom is -0.356 e. The highest BCUT2D eigenvalue weighted by atomic mass is 16.1. The fourth-order valence-corrected chi connectivity index (χ4v) is 3.82. The van der Waals surface area contributed by atoms with Gasteiger partial charge in [-0.05, 0) is 31.2 Å². The number of rotatable bonds is 7. The number of hydrogen-bond donors (Lipinski definition) is 3. The fraction of sp³-hybridized carbons (Fsp3) is 0.619. The summed E-state index contributed by atoms with van der Waals surface area (Å²) in [5.41, 5.74) is 1.65. The molecule has 2 saturated carbocycles. The largest absolute Gasteiger partial charge is 0.356 e. The number of guanidine groups is 1. The van der Waals surface area contributed by atoms with Crippen LogP contribution >= 0.6 is 0 Å². The van der Waals surface area contributed by atoms with Crippen LogP contribution in [-0.4, -0.2) is 38.0 Å². The highest BCUT2D eigenvalue weighted by Gasteiger charge is 2.43. The number of carbonyl (C=O) groups excluding carboxylic acids is 1. The molecule has 5 heteroatoms. The van der Waals surface area contributed by atoms with Gasteiger partial charge in [-0.2, -0.15) is 0 Å². The summed E-state index contributed by atoms with van der Waals surface area (Å²) in [6.07, 6.45) is 8.96. The number of nitrogens with zero attached hydrogens (tertiary/aromatic N) is 1. The molecule has 0 radical (unpaired) electrons. The summed E-state index contributed by atoms with van der Waals surface area (Å²) in [4.78, 5) is 16.4. The molecule has 0 atom stereocenters. The van der Waals surface area contributed by atoms with Crippen LogP contribution in [0.15, 0.2) is 35.3 Å². The van der Waals surface area contributed by atoms with Crippen LogP contribution in [-0.2, 0) is 10.2 Å². The topological polar surface area (TPSA) is 65.5 Å². The summed E-state index contributed by atoms with van der Waals surface area (Å²) in [6, 6.07) is 11.1. The van der Waals surface area contributed by atoms with Crippen LogP contribution in [0, 0.1) is 0 Å². The Morgan fingerprint density at radius 1 is 1.12 bits per heavy atom. The smallest absolute Gasteiger partial charge is 0.221 e. The lowest BCUT2D eigenvalue weighted by Crippen LogP contribution is -2.43. The van der Waals surface area contributed by atoms with Gasteiger partial charge in [0.25, 0.3) is 0 Å². The molecule has 0 saturated heterocycles. The molecule has 1 aromatic carbocycles. The lowest BCUT2D eigenvalue weighted by Gasteiger charge is -2.23. The van der Waals surface area contributed by atoms with E-state index in [9.17, 15) is 4.79 Å². The zero-order chi connectivity index (χ0) is 18.2. The number of amides is 1. The Hall–Kier alpha value is -2.04. The molecule has 1 aromatic rings. The average molecular weight is 357 g/mol. The van der Waals surface area contributed by atoms with Gasteiger partial charge < -0.3 is 16.0 Å². The van der Waals surface area contributed by atoms with Crippen LogP contribution in [0.4, 0.5) is 0 Å². The summed E-state index contributed by atoms with van der Waals surface area (Å²) in [7, 11) is 1.78. The molecule has 0 spiro atoms. The van der Waals surface area contributed by atoms with Crippen molar-refractivity contribution in [3.63, 3.8) is 0 Å². The van der Waals surface area contributed by atoms with E-state index in [0.29, 0.717) is 19.0 Å². The molecule has 3 rings (SSSR count). The van der Waals surface area contributed by atoms with E-state index in [1.807, 2.05) is 0 Å². The molecule has 26 heavy (non-hydrogen) atoms. The summed E-state index contributed by atoms with van der Waals surface area (Å²) in [6.45, 7) is 1.49. The molecule has 5 nitrogen and oxygen atoms in total. The second-order valence-corrected chi connectivity index (χ2v) is 7.65. The fourth-order valence-electron chi connectivity index (χ4n) is 3.82. The highest BCUT2D eigenvalue weighted by Crippen LogP contribution is 2.47. The standard InChI is InChI=1S/C21H32N4O/c1-22-20(23-15-12-19(26)25-18-10-6-3-7-11-18)24-16-21(13-14-21)17-8-4-2-5-9-17/h2,4-5,8-9,18H,3,6-7,10-16H2,1H3,(H,25,26)(H2,22,23,24). The second-order valence-electron chi connectivity index (χ2n) is 7.65. The predicted molar refractivity (Wildman–Crippen MR) is 106 cm³/mol. The third kappa shape index (κ3) is 5.23. The minimum absolute atomic E-state index is 0.141. The average Bonchev–Trinajstić information content (AvgIpc) is 3.47. The first-order valence-electron chi connectivity index (χ1n) is 10.0. The van der Waals surface area contributed by atoms with Crippen molar-refractivity contribution in [2.45, 2.75) is 62.8 Å². The van der Waals surface area contributed by atoms with E-state index in [2.05, 4.69) is 51.3 Å². The Labute approximate surface area is 157 Å². The molecular formula is C21H32N4O. The zero-order valence-corrected chi connectivity index (χ0v) is 15.9. The Kier molecular flexibility index (Phi) is 6.53. The number of aliphatic imine (C=N–C) groups is 1. The van der Waals surface area contributed by atoms with Gasteiger partial charge in [0.2, 0.25) is 5.91 Å². The SMILES string of the molecule is CN=C(NCCC(=O)NC1CCCCC1)NCC1(c2ccccc2)CC1. The Balaban J connectivity index is 1.36. The number of hydrogen-bond acceptors (Lipinski definition) is 2. The molecule has 2 fully saturated rings. The molecule has 2 aliphatic rings. The van der Waals surface area contributed by atoms with Crippen molar-refractivity contribution in [3.8, 4) is 0 Å². The van der Waals surface area contributed by atoms with Crippen molar-refractivity contribution in [2.75, 3.05) is 20.1 Å². The first-order chi connectivity index (χ1) is 12.7. The van der Waals surface area contributed by atoms with E-state index in [0.717, 1.165) is 25.3 Å². The van der Waals surface area contributed by atoms with Gasteiger partial charge in [0.05, 0.1) is 0 Å². The van der Waals surface area contributed by atoms with Crippen LogP contribution in [0.5, 0.6) is 0 Å². The minimum atomic E-state index is 0.141. The van der Waals surface area contributed by atoms with Crippen molar-refractivity contribution in [2.24, 2.45) is 4.99 Å². The third-order valence-corrected chi connectivity index (χ3v) is 5.67. The van der Waals surface area contributed by atoms with Crippen LogP contribution in [0.1, 0.15) is 56.9 Å². The van der Waals surface area contributed by atoms with Gasteiger partial charge in [0, 0.05) is 38.0 Å². The maximum Gasteiger partial charge on any atom is 0.221 e. The van der Waals surface area contributed by atoms with Crippen molar-refractivity contribution < 1.29 is 4.79 Å². The summed E-state index contributed by atoms with van der Waals surface area (Å²) >= 11 is 0. The van der Waals surface area contributed by atoms with Crippen molar-refractivity contribution in [1.82, 2.24) is 16.0 Å². The van der Waals surface area contributed by atoms with E-state index in [4.69, 9.17) is 0 Å². The van der Waals surface area contributed by atoms with E-state index < -0.39 is 0 Å². The molecule has 3 N–H and O–H groups in total. The Morgan fingerprint density at radius 3 is 2.50 bits per heavy atom. The molecule has 0 aliphatic heterocycles. The lowest BCUT2D eigenvalue weighted by molar-refractivity contribution is -0.121. The molecule has 1 amide bonds. The zero-order valence-electron chi connectivity index (χ0n) is 15.9. The number of benzene rings is 1. The van der Waals surface area contributed by atoms with Crippen LogP contribution in [0.3, 0.4) is 0 Å². The quantitative estimate of drug-likeness (QED) is 0.520. The van der Waals surface area contributed by atoms with Crippen molar-refractivity contribution in [1.29, 1.82) is 0 Å².